The summed E-state index contributed by atoms with van der Waals surface area (Å²) in [6.45, 7) is 3.83. The largest absolute Gasteiger partial charge is 0.462 e. The van der Waals surface area contributed by atoms with E-state index in [1.165, 1.54) is 18.4 Å². The molecule has 0 atom stereocenters. The van der Waals surface area contributed by atoms with Gasteiger partial charge in [0.1, 0.15) is 0 Å². The number of carbonyl (C=O) groups is 2. The standard InChI is InChI=1S/C29H29N3O3/c1-2-35-27(34)21-8-10-22(11-9-21)29(14-15-29)31-26(33)23-6-3-7-24-25(23)32(19-28(24)12-13-28)18-20-5-4-16-30-17-20/h3-11,16-17H,2,12-15,18-19H2,1H3,(H,31,33). The van der Waals surface area contributed by atoms with Crippen LogP contribution in [0, 0.1) is 0 Å². The third-order valence-electron chi connectivity index (χ3n) is 7.66. The van der Waals surface area contributed by atoms with E-state index in [1.807, 2.05) is 36.5 Å². The lowest BCUT2D eigenvalue weighted by atomic mass is 9.96. The highest BCUT2D eigenvalue weighted by Crippen LogP contribution is 2.57. The first-order chi connectivity index (χ1) is 17.0. The fraction of sp³-hybridized carbons (Fsp3) is 0.345. The topological polar surface area (TPSA) is 71.5 Å². The Balaban J connectivity index is 1.27. The molecule has 3 aromatic rings. The normalized spacial score (nSPS) is 18.1. The predicted molar refractivity (Wildman–Crippen MR) is 133 cm³/mol. The monoisotopic (exact) mass is 467 g/mol. The molecule has 2 saturated carbocycles. The van der Waals surface area contributed by atoms with Crippen LogP contribution in [0.15, 0.2) is 67.0 Å². The number of nitrogens with zero attached hydrogens (tertiary/aromatic N) is 2. The van der Waals surface area contributed by atoms with E-state index < -0.39 is 0 Å². The van der Waals surface area contributed by atoms with Crippen LogP contribution in [0.25, 0.3) is 0 Å². The number of rotatable bonds is 7. The van der Waals surface area contributed by atoms with Gasteiger partial charge in [-0.1, -0.05) is 30.3 Å². The summed E-state index contributed by atoms with van der Waals surface area (Å²) in [5.41, 5.74) is 5.62. The van der Waals surface area contributed by atoms with Gasteiger partial charge in [-0.25, -0.2) is 4.79 Å². The number of hydrogen-bond acceptors (Lipinski definition) is 5. The summed E-state index contributed by atoms with van der Waals surface area (Å²) in [4.78, 5) is 32.3. The smallest absolute Gasteiger partial charge is 0.338 e. The van der Waals surface area contributed by atoms with Crippen molar-refractivity contribution >= 4 is 17.6 Å². The van der Waals surface area contributed by atoms with Gasteiger partial charge in [0.25, 0.3) is 5.91 Å². The first kappa shape index (κ1) is 21.8. The summed E-state index contributed by atoms with van der Waals surface area (Å²) in [6.07, 6.45) is 7.80. The van der Waals surface area contributed by atoms with Crippen molar-refractivity contribution in [1.29, 1.82) is 0 Å². The van der Waals surface area contributed by atoms with Crippen molar-refractivity contribution in [2.45, 2.75) is 50.1 Å². The number of amides is 1. The van der Waals surface area contributed by atoms with E-state index in [1.54, 1.807) is 25.3 Å². The molecule has 2 heterocycles. The summed E-state index contributed by atoms with van der Waals surface area (Å²) in [5.74, 6) is -0.363. The fourth-order valence-electron chi connectivity index (χ4n) is 5.49. The average molecular weight is 468 g/mol. The highest BCUT2D eigenvalue weighted by Gasteiger charge is 2.53. The van der Waals surface area contributed by atoms with Crippen LogP contribution in [0.3, 0.4) is 0 Å². The Morgan fingerprint density at radius 3 is 2.49 bits per heavy atom. The van der Waals surface area contributed by atoms with Crippen molar-refractivity contribution in [3.63, 3.8) is 0 Å². The molecule has 6 heteroatoms. The van der Waals surface area contributed by atoms with Crippen molar-refractivity contribution in [3.05, 3.63) is 94.8 Å². The second-order valence-corrected chi connectivity index (χ2v) is 10.0. The van der Waals surface area contributed by atoms with E-state index in [-0.39, 0.29) is 22.8 Å². The van der Waals surface area contributed by atoms with Gasteiger partial charge in [-0.15, -0.1) is 0 Å². The zero-order chi connectivity index (χ0) is 24.0. The van der Waals surface area contributed by atoms with Crippen molar-refractivity contribution < 1.29 is 14.3 Å². The molecule has 2 fully saturated rings. The summed E-state index contributed by atoms with van der Waals surface area (Å²) < 4.78 is 5.09. The maximum absolute atomic E-state index is 13.7. The van der Waals surface area contributed by atoms with Crippen LogP contribution in [-0.4, -0.2) is 30.0 Å². The second-order valence-electron chi connectivity index (χ2n) is 10.0. The molecule has 2 aromatic carbocycles. The Morgan fingerprint density at radius 1 is 1.03 bits per heavy atom. The SMILES string of the molecule is CCOC(=O)c1ccc(C2(NC(=O)c3cccc4c3N(Cc3cccnc3)CC43CC3)CC2)cc1. The molecule has 35 heavy (non-hydrogen) atoms. The zero-order valence-electron chi connectivity index (χ0n) is 19.9. The molecular weight excluding hydrogens is 438 g/mol. The number of fused-ring (bicyclic) bond motifs is 2. The highest BCUT2D eigenvalue weighted by atomic mass is 16.5. The molecule has 1 aliphatic heterocycles. The number of pyridine rings is 1. The van der Waals surface area contributed by atoms with Gasteiger partial charge in [0.05, 0.1) is 29.0 Å². The molecule has 6 nitrogen and oxygen atoms in total. The Kier molecular flexibility index (Phi) is 5.13. The molecule has 0 radical (unpaired) electrons. The third-order valence-corrected chi connectivity index (χ3v) is 7.66. The van der Waals surface area contributed by atoms with Gasteiger partial charge in [-0.2, -0.15) is 0 Å². The number of carbonyl (C=O) groups excluding carboxylic acids is 2. The van der Waals surface area contributed by atoms with E-state index in [0.29, 0.717) is 12.2 Å². The molecule has 1 spiro atoms. The molecule has 1 aromatic heterocycles. The van der Waals surface area contributed by atoms with Crippen molar-refractivity contribution in [2.75, 3.05) is 18.1 Å². The maximum atomic E-state index is 13.7. The zero-order valence-corrected chi connectivity index (χ0v) is 19.9. The summed E-state index contributed by atoms with van der Waals surface area (Å²) in [5, 5.41) is 3.34. The van der Waals surface area contributed by atoms with Crippen LogP contribution in [0.1, 0.15) is 70.0 Å². The Bertz CT molecular complexity index is 1280. The Hall–Kier alpha value is -3.67. The molecular formula is C29H29N3O3. The van der Waals surface area contributed by atoms with Gasteiger partial charge < -0.3 is 15.0 Å². The van der Waals surface area contributed by atoms with E-state index in [4.69, 9.17) is 4.74 Å². The number of nitrogens with one attached hydrogen (secondary N) is 1. The molecule has 0 bridgehead atoms. The van der Waals surface area contributed by atoms with Crippen LogP contribution in [0.5, 0.6) is 0 Å². The van der Waals surface area contributed by atoms with Crippen molar-refractivity contribution in [3.8, 4) is 0 Å². The summed E-state index contributed by atoms with van der Waals surface area (Å²) >= 11 is 0. The molecule has 1 amide bonds. The number of para-hydroxylation sites is 1. The molecule has 178 valence electrons. The number of aromatic nitrogens is 1. The van der Waals surface area contributed by atoms with Gasteiger partial charge in [-0.05, 0) is 73.6 Å². The Morgan fingerprint density at radius 2 is 1.83 bits per heavy atom. The van der Waals surface area contributed by atoms with Crippen LogP contribution in [0.2, 0.25) is 0 Å². The Labute approximate surface area is 205 Å². The summed E-state index contributed by atoms with van der Waals surface area (Å²) in [6, 6.07) is 17.7. The minimum absolute atomic E-state index is 0.0392. The van der Waals surface area contributed by atoms with E-state index >= 15 is 0 Å². The molecule has 0 saturated heterocycles. The minimum Gasteiger partial charge on any atom is -0.462 e. The van der Waals surface area contributed by atoms with Crippen molar-refractivity contribution in [2.24, 2.45) is 0 Å². The van der Waals surface area contributed by atoms with Gasteiger partial charge in [-0.3, -0.25) is 9.78 Å². The number of esters is 1. The lowest BCUT2D eigenvalue weighted by Gasteiger charge is -2.24. The highest BCUT2D eigenvalue weighted by molar-refractivity contribution is 6.02. The van der Waals surface area contributed by atoms with E-state index in [9.17, 15) is 9.59 Å². The second kappa shape index (κ2) is 8.22. The van der Waals surface area contributed by atoms with Crippen molar-refractivity contribution in [1.82, 2.24) is 10.3 Å². The van der Waals surface area contributed by atoms with Gasteiger partial charge >= 0.3 is 5.97 Å². The lowest BCUT2D eigenvalue weighted by Crippen LogP contribution is -2.36. The maximum Gasteiger partial charge on any atom is 0.338 e. The number of ether oxygens (including phenoxy) is 1. The fourth-order valence-corrected chi connectivity index (χ4v) is 5.49. The minimum atomic E-state index is -0.378. The first-order valence-electron chi connectivity index (χ1n) is 12.4. The van der Waals surface area contributed by atoms with E-state index in [2.05, 4.69) is 27.3 Å². The van der Waals surface area contributed by atoms with Gasteiger partial charge in [0, 0.05) is 30.9 Å². The van der Waals surface area contributed by atoms with Crippen LogP contribution >= 0.6 is 0 Å². The van der Waals surface area contributed by atoms with Gasteiger partial charge in [0.15, 0.2) is 0 Å². The average Bonchev–Trinajstić information content (AvgIpc) is 3.80. The molecule has 2 aliphatic carbocycles. The molecule has 0 unspecified atom stereocenters. The third kappa shape index (κ3) is 3.87. The molecule has 3 aliphatic rings. The van der Waals surface area contributed by atoms with Crippen LogP contribution in [-0.2, 0) is 22.2 Å². The quantitative estimate of drug-likeness (QED) is 0.509. The van der Waals surface area contributed by atoms with E-state index in [0.717, 1.165) is 48.3 Å². The lowest BCUT2D eigenvalue weighted by molar-refractivity contribution is 0.0526. The number of anilines is 1. The van der Waals surface area contributed by atoms with Gasteiger partial charge in [0.2, 0.25) is 0 Å². The molecule has 6 rings (SSSR count). The number of benzene rings is 2. The van der Waals surface area contributed by atoms with Crippen LogP contribution < -0.4 is 10.2 Å². The molecule has 1 N–H and O–H groups in total. The first-order valence-corrected chi connectivity index (χ1v) is 12.4. The number of hydrogen-bond donors (Lipinski definition) is 1. The predicted octanol–water partition coefficient (Wildman–Crippen LogP) is 4.73. The summed E-state index contributed by atoms with van der Waals surface area (Å²) in [7, 11) is 0. The van der Waals surface area contributed by atoms with Crippen LogP contribution in [0.4, 0.5) is 5.69 Å².